The second-order valence-corrected chi connectivity index (χ2v) is 12.7. The van der Waals surface area contributed by atoms with Gasteiger partial charge < -0.3 is 10.2 Å². The van der Waals surface area contributed by atoms with E-state index in [9.17, 15) is 15.0 Å². The van der Waals surface area contributed by atoms with E-state index in [0.717, 1.165) is 30.9 Å². The predicted octanol–water partition coefficient (Wildman–Crippen LogP) is 5.87. The van der Waals surface area contributed by atoms with Crippen molar-refractivity contribution in [3.63, 3.8) is 0 Å². The molecule has 2 heterocycles. The van der Waals surface area contributed by atoms with Crippen LogP contribution in [0, 0.1) is 5.92 Å². The van der Waals surface area contributed by atoms with Gasteiger partial charge in [0, 0.05) is 22.0 Å². The summed E-state index contributed by atoms with van der Waals surface area (Å²) in [4.78, 5) is 11.5. The first-order chi connectivity index (χ1) is 12.2. The van der Waals surface area contributed by atoms with E-state index in [0.29, 0.717) is 18.1 Å². The number of aliphatic carboxylic acids is 1. The van der Waals surface area contributed by atoms with Crippen molar-refractivity contribution in [2.75, 3.05) is 11.5 Å². The van der Waals surface area contributed by atoms with Crippen molar-refractivity contribution in [1.82, 2.24) is 0 Å². The van der Waals surface area contributed by atoms with Gasteiger partial charge >= 0.3 is 5.97 Å². The first kappa shape index (κ1) is 22.1. The smallest absolute Gasteiger partial charge is 0.309 e. The maximum atomic E-state index is 11.5. The molecule has 0 aromatic rings. The number of hydrogen-bond acceptors (Lipinski definition) is 6. The van der Waals surface area contributed by atoms with Gasteiger partial charge in [0.05, 0.1) is 12.0 Å². The minimum Gasteiger partial charge on any atom is -0.481 e. The van der Waals surface area contributed by atoms with Gasteiger partial charge in [0.25, 0.3) is 0 Å². The average molecular weight is 425 g/mol. The lowest BCUT2D eigenvalue weighted by Crippen LogP contribution is -2.28. The van der Waals surface area contributed by atoms with E-state index in [1.165, 1.54) is 43.6 Å². The number of rotatable bonds is 11. The molecule has 2 aliphatic heterocycles. The Balaban J connectivity index is 1.59. The molecule has 0 bridgehead atoms. The molecular weight excluding hydrogens is 392 g/mol. The predicted molar refractivity (Wildman–Crippen MR) is 116 cm³/mol. The van der Waals surface area contributed by atoms with Gasteiger partial charge in [0.15, 0.2) is 0 Å². The van der Waals surface area contributed by atoms with E-state index in [4.69, 9.17) is 0 Å². The Hall–Kier alpha value is 0.830. The minimum atomic E-state index is -0.822. The van der Waals surface area contributed by atoms with Crippen molar-refractivity contribution in [2.45, 2.75) is 87.2 Å². The Morgan fingerprint density at radius 1 is 0.920 bits per heavy atom. The lowest BCUT2D eigenvalue weighted by molar-refractivity contribution is -0.146. The molecule has 2 saturated heterocycles. The second kappa shape index (κ2) is 13.1. The van der Waals surface area contributed by atoms with Crippen LogP contribution in [0.15, 0.2) is 0 Å². The molecule has 7 heteroatoms. The van der Waals surface area contributed by atoms with Crippen LogP contribution in [0.1, 0.15) is 70.6 Å². The molecule has 0 aromatic carbocycles. The summed E-state index contributed by atoms with van der Waals surface area (Å²) in [5.74, 6) is 1.12. The quantitative estimate of drug-likeness (QED) is 0.318. The van der Waals surface area contributed by atoms with Crippen LogP contribution in [-0.2, 0) is 4.79 Å². The second-order valence-electron chi connectivity index (χ2n) is 7.09. The zero-order chi connectivity index (χ0) is 17.9. The van der Waals surface area contributed by atoms with Crippen LogP contribution < -0.4 is 0 Å². The fourth-order valence-corrected chi connectivity index (χ4v) is 9.27. The molecule has 25 heavy (non-hydrogen) atoms. The van der Waals surface area contributed by atoms with Gasteiger partial charge in [-0.1, -0.05) is 62.4 Å². The van der Waals surface area contributed by atoms with Crippen LogP contribution in [0.25, 0.3) is 0 Å². The third kappa shape index (κ3) is 9.04. The summed E-state index contributed by atoms with van der Waals surface area (Å²) in [5, 5.41) is 21.3. The number of carbonyl (C=O) groups is 1. The molecule has 4 unspecified atom stereocenters. The summed E-state index contributed by atoms with van der Waals surface area (Å²) in [6.07, 6.45) is 11.0. The number of unbranched alkanes of at least 4 members (excludes halogenated alkanes) is 1. The molecule has 3 nitrogen and oxygen atoms in total. The molecule has 2 aliphatic rings. The summed E-state index contributed by atoms with van der Waals surface area (Å²) in [6, 6.07) is 0. The molecule has 2 N–H and O–H groups in total. The lowest BCUT2D eigenvalue weighted by Gasteiger charge is -2.23. The van der Waals surface area contributed by atoms with Crippen LogP contribution in [0.4, 0.5) is 0 Å². The van der Waals surface area contributed by atoms with E-state index >= 15 is 0 Å². The van der Waals surface area contributed by atoms with Crippen molar-refractivity contribution < 1.29 is 15.0 Å². The molecule has 0 radical (unpaired) electrons. The Labute approximate surface area is 168 Å². The van der Waals surface area contributed by atoms with Crippen LogP contribution >= 0.6 is 43.2 Å². The zero-order valence-electron chi connectivity index (χ0n) is 14.9. The molecule has 0 aromatic heterocycles. The average Bonchev–Trinajstić information content (AvgIpc) is 2.63. The summed E-state index contributed by atoms with van der Waals surface area (Å²) in [7, 11) is 7.91. The Morgan fingerprint density at radius 3 is 2.04 bits per heavy atom. The topological polar surface area (TPSA) is 57.5 Å². The minimum absolute atomic E-state index is 0.583. The maximum absolute atomic E-state index is 11.5. The number of carboxylic acids is 1. The summed E-state index contributed by atoms with van der Waals surface area (Å²) >= 11 is 0. The molecule has 4 atom stereocenters. The van der Waals surface area contributed by atoms with Crippen LogP contribution in [0.2, 0.25) is 0 Å². The molecule has 0 aliphatic carbocycles. The highest BCUT2D eigenvalue weighted by atomic mass is 33.1. The van der Waals surface area contributed by atoms with Gasteiger partial charge in [-0.2, -0.15) is 0 Å². The van der Waals surface area contributed by atoms with E-state index in [-0.39, 0.29) is 0 Å². The first-order valence-corrected chi connectivity index (χ1v) is 14.4. The Morgan fingerprint density at radius 2 is 1.52 bits per heavy atom. The number of carboxylic acid groups (broad SMARTS) is 1. The summed E-state index contributed by atoms with van der Waals surface area (Å²) in [5.41, 5.74) is 0. The standard InChI is InChI=1S/C18H32O3S4/c19-17(11-2-1-6-14-8-4-12-22-24-14)16(18(20)21)10-3-7-15-9-5-13-23-25-15/h14-17,19H,1-13H2,(H,20,21). The lowest BCUT2D eigenvalue weighted by atomic mass is 9.91. The van der Waals surface area contributed by atoms with Crippen LogP contribution in [0.3, 0.4) is 0 Å². The number of aliphatic hydroxyl groups is 1. The fourth-order valence-electron chi connectivity index (χ4n) is 3.48. The number of hydrogen-bond donors (Lipinski definition) is 2. The largest absolute Gasteiger partial charge is 0.481 e. The van der Waals surface area contributed by atoms with Gasteiger partial charge in [0.1, 0.15) is 0 Å². The van der Waals surface area contributed by atoms with Gasteiger partial charge in [0.2, 0.25) is 0 Å². The van der Waals surface area contributed by atoms with Crippen LogP contribution in [-0.4, -0.2) is 44.3 Å². The molecule has 146 valence electrons. The zero-order valence-corrected chi connectivity index (χ0v) is 18.2. The van der Waals surface area contributed by atoms with Crippen molar-refractivity contribution in [1.29, 1.82) is 0 Å². The van der Waals surface area contributed by atoms with E-state index < -0.39 is 18.0 Å². The molecule has 2 rings (SSSR count). The monoisotopic (exact) mass is 424 g/mol. The van der Waals surface area contributed by atoms with Gasteiger partial charge in [-0.15, -0.1) is 0 Å². The maximum Gasteiger partial charge on any atom is 0.309 e. The molecule has 2 fully saturated rings. The SMILES string of the molecule is O=C(O)C(CCCC1CCCSS1)C(O)CCCCC1CCCSS1. The highest BCUT2D eigenvalue weighted by Gasteiger charge is 2.26. The van der Waals surface area contributed by atoms with Gasteiger partial charge in [-0.05, 0) is 51.4 Å². The number of aliphatic hydroxyl groups excluding tert-OH is 1. The summed E-state index contributed by atoms with van der Waals surface area (Å²) < 4.78 is 0. The van der Waals surface area contributed by atoms with Crippen molar-refractivity contribution in [3.8, 4) is 0 Å². The van der Waals surface area contributed by atoms with E-state index in [1.54, 1.807) is 0 Å². The first-order valence-electron chi connectivity index (χ1n) is 9.64. The van der Waals surface area contributed by atoms with Crippen molar-refractivity contribution in [2.24, 2.45) is 5.92 Å². The third-order valence-corrected chi connectivity index (χ3v) is 11.1. The van der Waals surface area contributed by atoms with Crippen molar-refractivity contribution >= 4 is 49.1 Å². The normalized spacial score (nSPS) is 26.9. The van der Waals surface area contributed by atoms with Crippen molar-refractivity contribution in [3.05, 3.63) is 0 Å². The molecular formula is C18H32O3S4. The Bertz CT molecular complexity index is 371. The van der Waals surface area contributed by atoms with Crippen LogP contribution in [0.5, 0.6) is 0 Å². The Kier molecular flexibility index (Phi) is 11.6. The molecule has 0 spiro atoms. The molecule has 0 amide bonds. The third-order valence-electron chi connectivity index (χ3n) is 5.01. The molecule has 0 saturated carbocycles. The van der Waals surface area contributed by atoms with Gasteiger partial charge in [-0.3, -0.25) is 4.79 Å². The summed E-state index contributed by atoms with van der Waals surface area (Å²) in [6.45, 7) is 0. The fraction of sp³-hybridized carbons (Fsp3) is 0.944. The highest BCUT2D eigenvalue weighted by Crippen LogP contribution is 2.39. The van der Waals surface area contributed by atoms with E-state index in [1.807, 2.05) is 43.2 Å². The van der Waals surface area contributed by atoms with Gasteiger partial charge in [-0.25, -0.2) is 0 Å². The van der Waals surface area contributed by atoms with E-state index in [2.05, 4.69) is 0 Å². The highest BCUT2D eigenvalue weighted by molar-refractivity contribution is 8.77.